The van der Waals surface area contributed by atoms with Gasteiger partial charge in [-0.05, 0) is 13.3 Å². The van der Waals surface area contributed by atoms with E-state index in [-0.39, 0.29) is 12.6 Å². The maximum Gasteiger partial charge on any atom is 0.490 e. The van der Waals surface area contributed by atoms with Crippen LogP contribution in [0.2, 0.25) is 0 Å². The van der Waals surface area contributed by atoms with E-state index in [0.29, 0.717) is 19.4 Å². The Labute approximate surface area is 89.8 Å². The van der Waals surface area contributed by atoms with Gasteiger partial charge in [-0.2, -0.15) is 13.2 Å². The van der Waals surface area contributed by atoms with Crippen LogP contribution >= 0.6 is 0 Å². The van der Waals surface area contributed by atoms with E-state index in [1.807, 2.05) is 0 Å². The van der Waals surface area contributed by atoms with Gasteiger partial charge in [-0.15, -0.1) is 0 Å². The Morgan fingerprint density at radius 2 is 1.75 bits per heavy atom. The number of alkyl halides is 3. The van der Waals surface area contributed by atoms with Gasteiger partial charge in [-0.25, -0.2) is 4.79 Å². The van der Waals surface area contributed by atoms with Crippen LogP contribution in [-0.2, 0) is 14.3 Å². The summed E-state index contributed by atoms with van der Waals surface area (Å²) in [5, 5.41) is 15.4. The molecule has 0 fully saturated rings. The highest BCUT2D eigenvalue weighted by Crippen LogP contribution is 2.13. The number of halogens is 3. The molecular weight excluding hydrogens is 233 g/mol. The normalized spacial score (nSPS) is 10.1. The third kappa shape index (κ3) is 12.7. The van der Waals surface area contributed by atoms with Crippen LogP contribution in [0.4, 0.5) is 13.2 Å². The molecule has 0 rings (SSSR count). The summed E-state index contributed by atoms with van der Waals surface area (Å²) in [4.78, 5) is 19.4. The van der Waals surface area contributed by atoms with Crippen molar-refractivity contribution in [1.82, 2.24) is 0 Å². The summed E-state index contributed by atoms with van der Waals surface area (Å²) in [5.41, 5.74) is 0. The number of carbonyl (C=O) groups is 2. The third-order valence-electron chi connectivity index (χ3n) is 1.09. The van der Waals surface area contributed by atoms with E-state index in [0.717, 1.165) is 0 Å². The zero-order chi connectivity index (χ0) is 13.2. The molecule has 2 N–H and O–H groups in total. The van der Waals surface area contributed by atoms with E-state index in [2.05, 4.69) is 4.74 Å². The molecule has 0 aliphatic heterocycles. The van der Waals surface area contributed by atoms with Crippen molar-refractivity contribution in [3.05, 3.63) is 0 Å². The second-order valence-electron chi connectivity index (χ2n) is 2.44. The van der Waals surface area contributed by atoms with Gasteiger partial charge in [0.05, 0.1) is 6.61 Å². The number of carboxylic acid groups (broad SMARTS) is 1. The van der Waals surface area contributed by atoms with Crippen molar-refractivity contribution >= 4 is 11.9 Å². The van der Waals surface area contributed by atoms with E-state index >= 15 is 0 Å². The van der Waals surface area contributed by atoms with Crippen molar-refractivity contribution in [3.8, 4) is 0 Å². The Morgan fingerprint density at radius 1 is 1.31 bits per heavy atom. The van der Waals surface area contributed by atoms with E-state index in [1.165, 1.54) is 0 Å². The fourth-order valence-corrected chi connectivity index (χ4v) is 0.457. The zero-order valence-electron chi connectivity index (χ0n) is 8.58. The molecule has 0 aromatic heterocycles. The standard InChI is InChI=1S/C6H12O3.C2HF3O2/c1-2-9-6(8)4-3-5-7;3-2(4,5)1(6)7/h7H,2-5H2,1H3;(H,6,7). The summed E-state index contributed by atoms with van der Waals surface area (Å²) >= 11 is 0. The number of ether oxygens (including phenoxy) is 1. The number of aliphatic carboxylic acids is 1. The molecule has 0 heterocycles. The summed E-state index contributed by atoms with van der Waals surface area (Å²) in [5.74, 6) is -2.99. The second kappa shape index (κ2) is 8.96. The third-order valence-corrected chi connectivity index (χ3v) is 1.09. The number of hydrogen-bond donors (Lipinski definition) is 2. The second-order valence-corrected chi connectivity index (χ2v) is 2.44. The molecule has 0 unspecified atom stereocenters. The maximum absolute atomic E-state index is 10.6. The topological polar surface area (TPSA) is 83.8 Å². The van der Waals surface area contributed by atoms with E-state index < -0.39 is 12.1 Å². The molecule has 0 atom stereocenters. The monoisotopic (exact) mass is 246 g/mol. The molecule has 96 valence electrons. The lowest BCUT2D eigenvalue weighted by atomic mass is 10.3. The van der Waals surface area contributed by atoms with Gasteiger partial charge in [0.1, 0.15) is 0 Å². The quantitative estimate of drug-likeness (QED) is 0.721. The molecule has 5 nitrogen and oxygen atoms in total. The van der Waals surface area contributed by atoms with Crippen molar-refractivity contribution < 1.29 is 37.7 Å². The summed E-state index contributed by atoms with van der Waals surface area (Å²) in [6.07, 6.45) is -4.26. The van der Waals surface area contributed by atoms with Crippen LogP contribution < -0.4 is 0 Å². The lowest BCUT2D eigenvalue weighted by molar-refractivity contribution is -0.192. The molecule has 0 aliphatic rings. The van der Waals surface area contributed by atoms with Gasteiger partial charge in [0.2, 0.25) is 0 Å². The van der Waals surface area contributed by atoms with Crippen molar-refractivity contribution in [2.75, 3.05) is 13.2 Å². The maximum atomic E-state index is 10.6. The van der Waals surface area contributed by atoms with Gasteiger partial charge in [-0.3, -0.25) is 4.79 Å². The minimum Gasteiger partial charge on any atom is -0.475 e. The molecule has 0 aromatic carbocycles. The molecule has 0 saturated carbocycles. The lowest BCUT2D eigenvalue weighted by Crippen LogP contribution is -2.21. The molecule has 0 spiro atoms. The fraction of sp³-hybridized carbons (Fsp3) is 0.750. The number of rotatable bonds is 4. The Morgan fingerprint density at radius 3 is 2.00 bits per heavy atom. The summed E-state index contributed by atoms with van der Waals surface area (Å²) in [7, 11) is 0. The van der Waals surface area contributed by atoms with Crippen LogP contribution in [-0.4, -0.2) is 41.5 Å². The lowest BCUT2D eigenvalue weighted by Gasteiger charge is -1.97. The fourth-order valence-electron chi connectivity index (χ4n) is 0.457. The predicted molar refractivity (Wildman–Crippen MR) is 46.6 cm³/mol. The zero-order valence-corrected chi connectivity index (χ0v) is 8.58. The predicted octanol–water partition coefficient (Wildman–Crippen LogP) is 0.955. The first-order chi connectivity index (χ1) is 7.25. The van der Waals surface area contributed by atoms with Gasteiger partial charge in [-0.1, -0.05) is 0 Å². The highest BCUT2D eigenvalue weighted by molar-refractivity contribution is 5.73. The average molecular weight is 246 g/mol. The van der Waals surface area contributed by atoms with E-state index in [1.54, 1.807) is 6.92 Å². The van der Waals surface area contributed by atoms with Gasteiger partial charge in [0.15, 0.2) is 0 Å². The first kappa shape index (κ1) is 17.1. The van der Waals surface area contributed by atoms with E-state index in [9.17, 15) is 18.0 Å². The minimum absolute atomic E-state index is 0.0544. The Bertz CT molecular complexity index is 214. The molecule has 0 radical (unpaired) electrons. The number of esters is 1. The molecule has 0 aliphatic carbocycles. The van der Waals surface area contributed by atoms with Gasteiger partial charge in [0, 0.05) is 13.0 Å². The molecule has 8 heteroatoms. The number of aliphatic hydroxyl groups excluding tert-OH is 1. The SMILES string of the molecule is CCOC(=O)CCCO.O=C(O)C(F)(F)F. The van der Waals surface area contributed by atoms with Gasteiger partial charge >= 0.3 is 18.1 Å². The van der Waals surface area contributed by atoms with Crippen LogP contribution in [0.3, 0.4) is 0 Å². The van der Waals surface area contributed by atoms with Gasteiger partial charge in [0.25, 0.3) is 0 Å². The number of hydrogen-bond acceptors (Lipinski definition) is 4. The number of aliphatic hydroxyl groups is 1. The van der Waals surface area contributed by atoms with Crippen molar-refractivity contribution in [2.45, 2.75) is 25.9 Å². The highest BCUT2D eigenvalue weighted by atomic mass is 19.4. The van der Waals surface area contributed by atoms with Crippen LogP contribution in [0.25, 0.3) is 0 Å². The molecule has 0 amide bonds. The largest absolute Gasteiger partial charge is 0.490 e. The molecule has 0 saturated heterocycles. The molecule has 0 bridgehead atoms. The first-order valence-corrected chi connectivity index (χ1v) is 4.32. The first-order valence-electron chi connectivity index (χ1n) is 4.32. The Hall–Kier alpha value is -1.31. The minimum atomic E-state index is -5.08. The number of carbonyl (C=O) groups excluding carboxylic acids is 1. The smallest absolute Gasteiger partial charge is 0.475 e. The van der Waals surface area contributed by atoms with Crippen molar-refractivity contribution in [1.29, 1.82) is 0 Å². The van der Waals surface area contributed by atoms with Crippen LogP contribution in [0.5, 0.6) is 0 Å². The van der Waals surface area contributed by atoms with Crippen LogP contribution in [0.15, 0.2) is 0 Å². The summed E-state index contributed by atoms with van der Waals surface area (Å²) in [6, 6.07) is 0. The highest BCUT2D eigenvalue weighted by Gasteiger charge is 2.38. The van der Waals surface area contributed by atoms with Crippen molar-refractivity contribution in [3.63, 3.8) is 0 Å². The molecule has 0 aromatic rings. The van der Waals surface area contributed by atoms with Crippen LogP contribution in [0.1, 0.15) is 19.8 Å². The molecular formula is C8H13F3O5. The van der Waals surface area contributed by atoms with Crippen molar-refractivity contribution in [2.24, 2.45) is 0 Å². The van der Waals surface area contributed by atoms with E-state index in [4.69, 9.17) is 15.0 Å². The average Bonchev–Trinajstić information content (AvgIpc) is 2.14. The van der Waals surface area contributed by atoms with Crippen LogP contribution in [0, 0.1) is 0 Å². The van der Waals surface area contributed by atoms with Gasteiger partial charge < -0.3 is 14.9 Å². The molecule has 16 heavy (non-hydrogen) atoms. The summed E-state index contributed by atoms with van der Waals surface area (Å²) < 4.78 is 36.3. The Balaban J connectivity index is 0. The Kier molecular flexibility index (Phi) is 9.57. The summed E-state index contributed by atoms with van der Waals surface area (Å²) in [6.45, 7) is 2.24. The number of carboxylic acids is 1.